The van der Waals surface area contributed by atoms with Crippen molar-refractivity contribution < 1.29 is 4.42 Å². The largest absolute Gasteiger partial charge is 0.457 e. The van der Waals surface area contributed by atoms with Crippen molar-refractivity contribution in [1.29, 1.82) is 5.26 Å². The van der Waals surface area contributed by atoms with Gasteiger partial charge in [0.05, 0.1) is 11.6 Å². The van der Waals surface area contributed by atoms with Crippen LogP contribution in [0.1, 0.15) is 16.9 Å². The number of aryl methyl sites for hydroxylation is 1. The minimum absolute atomic E-state index is 0.501. The molecule has 2 nitrogen and oxygen atoms in total. The molecule has 3 aromatic rings. The number of furan rings is 1. The molecule has 0 radical (unpaired) electrons. The summed E-state index contributed by atoms with van der Waals surface area (Å²) in [4.78, 5) is 0. The summed E-state index contributed by atoms with van der Waals surface area (Å²) in [7, 11) is 0. The highest BCUT2D eigenvalue weighted by Gasteiger charge is 2.09. The maximum Gasteiger partial charge on any atom is 0.135 e. The number of nitriles is 1. The van der Waals surface area contributed by atoms with Crippen LogP contribution < -0.4 is 0 Å². The molecule has 0 saturated carbocycles. The van der Waals surface area contributed by atoms with Crippen LogP contribution in [-0.4, -0.2) is 0 Å². The molecule has 3 rings (SSSR count). The van der Waals surface area contributed by atoms with Crippen LogP contribution in [-0.2, 0) is 0 Å². The molecule has 0 aliphatic carbocycles. The maximum atomic E-state index is 9.42. The first kappa shape index (κ1) is 16.6. The van der Waals surface area contributed by atoms with E-state index in [0.29, 0.717) is 16.4 Å². The maximum absolute atomic E-state index is 9.42. The molecule has 0 fully saturated rings. The van der Waals surface area contributed by atoms with Crippen LogP contribution in [0.25, 0.3) is 23.0 Å². The third-order valence-electron chi connectivity index (χ3n) is 3.56. The first-order chi connectivity index (χ1) is 11.6. The van der Waals surface area contributed by atoms with Gasteiger partial charge in [-0.05, 0) is 60.5 Å². The molecule has 0 saturated heterocycles. The fourth-order valence-electron chi connectivity index (χ4n) is 2.37. The van der Waals surface area contributed by atoms with Gasteiger partial charge in [0.1, 0.15) is 11.5 Å². The number of allylic oxidation sites excluding steroid dienone is 1. The van der Waals surface area contributed by atoms with Gasteiger partial charge in [0.25, 0.3) is 0 Å². The van der Waals surface area contributed by atoms with E-state index in [4.69, 9.17) is 16.0 Å². The van der Waals surface area contributed by atoms with Gasteiger partial charge in [0.15, 0.2) is 0 Å². The molecule has 118 valence electrons. The van der Waals surface area contributed by atoms with Gasteiger partial charge in [-0.3, -0.25) is 0 Å². The molecule has 24 heavy (non-hydrogen) atoms. The lowest BCUT2D eigenvalue weighted by molar-refractivity contribution is 0.571. The lowest BCUT2D eigenvalue weighted by Gasteiger charge is -2.02. The van der Waals surface area contributed by atoms with Gasteiger partial charge in [-0.1, -0.05) is 45.7 Å². The Hall–Kier alpha value is -2.28. The number of nitrogens with zero attached hydrogens (tertiary/aromatic N) is 1. The fraction of sp³-hybridized carbons (Fsp3) is 0.0500. The Kier molecular flexibility index (Phi) is 4.89. The van der Waals surface area contributed by atoms with Crippen molar-refractivity contribution in [3.8, 4) is 17.4 Å². The van der Waals surface area contributed by atoms with E-state index >= 15 is 0 Å². The van der Waals surface area contributed by atoms with Crippen LogP contribution in [0.5, 0.6) is 0 Å². The van der Waals surface area contributed by atoms with Gasteiger partial charge in [-0.25, -0.2) is 0 Å². The van der Waals surface area contributed by atoms with Gasteiger partial charge >= 0.3 is 0 Å². The summed E-state index contributed by atoms with van der Waals surface area (Å²) in [5, 5.41) is 10.0. The summed E-state index contributed by atoms with van der Waals surface area (Å²) < 4.78 is 6.86. The highest BCUT2D eigenvalue weighted by Crippen LogP contribution is 2.31. The lowest BCUT2D eigenvalue weighted by atomic mass is 10.1. The molecular formula is C20H13BrClNO. The number of halogens is 2. The van der Waals surface area contributed by atoms with Crippen molar-refractivity contribution in [3.05, 3.63) is 81.0 Å². The monoisotopic (exact) mass is 397 g/mol. The highest BCUT2D eigenvalue weighted by molar-refractivity contribution is 9.10. The molecule has 0 N–H and O–H groups in total. The van der Waals surface area contributed by atoms with Crippen molar-refractivity contribution in [1.82, 2.24) is 0 Å². The predicted molar refractivity (Wildman–Crippen MR) is 102 cm³/mol. The second-order valence-electron chi connectivity index (χ2n) is 5.37. The van der Waals surface area contributed by atoms with Crippen LogP contribution >= 0.6 is 27.5 Å². The summed E-state index contributed by atoms with van der Waals surface area (Å²) in [6.07, 6.45) is 1.72. The van der Waals surface area contributed by atoms with E-state index in [1.54, 1.807) is 18.2 Å². The quantitative estimate of drug-likeness (QED) is 0.458. The van der Waals surface area contributed by atoms with Crippen molar-refractivity contribution in [2.75, 3.05) is 0 Å². The zero-order valence-electron chi connectivity index (χ0n) is 12.9. The molecular weight excluding hydrogens is 386 g/mol. The number of rotatable bonds is 3. The Morgan fingerprint density at radius 2 is 2.00 bits per heavy atom. The predicted octanol–water partition coefficient (Wildman–Crippen LogP) is 6.74. The Balaban J connectivity index is 1.96. The third kappa shape index (κ3) is 3.62. The van der Waals surface area contributed by atoms with Crippen LogP contribution in [0, 0.1) is 18.3 Å². The van der Waals surface area contributed by atoms with Crippen LogP contribution in [0.4, 0.5) is 0 Å². The van der Waals surface area contributed by atoms with Crippen molar-refractivity contribution >= 4 is 39.2 Å². The smallest absolute Gasteiger partial charge is 0.135 e. The van der Waals surface area contributed by atoms with Crippen molar-refractivity contribution in [3.63, 3.8) is 0 Å². The first-order valence-corrected chi connectivity index (χ1v) is 8.48. The molecule has 0 aliphatic rings. The summed E-state index contributed by atoms with van der Waals surface area (Å²) in [5.74, 6) is 1.37. The second kappa shape index (κ2) is 7.09. The number of hydrogen-bond acceptors (Lipinski definition) is 2. The van der Waals surface area contributed by atoms with Crippen LogP contribution in [0.2, 0.25) is 5.02 Å². The molecule has 0 bridgehead atoms. The normalized spacial score (nSPS) is 11.3. The van der Waals surface area contributed by atoms with E-state index < -0.39 is 0 Å². The summed E-state index contributed by atoms with van der Waals surface area (Å²) in [6.45, 7) is 2.04. The van der Waals surface area contributed by atoms with Crippen LogP contribution in [0.3, 0.4) is 0 Å². The van der Waals surface area contributed by atoms with Crippen LogP contribution in [0.15, 0.2) is 63.5 Å². The Bertz CT molecular complexity index is 966. The van der Waals surface area contributed by atoms with Crippen molar-refractivity contribution in [2.24, 2.45) is 0 Å². The Morgan fingerprint density at radius 3 is 2.71 bits per heavy atom. The van der Waals surface area contributed by atoms with Gasteiger partial charge in [0, 0.05) is 15.1 Å². The van der Waals surface area contributed by atoms with Gasteiger partial charge in [-0.15, -0.1) is 0 Å². The molecule has 1 heterocycles. The minimum Gasteiger partial charge on any atom is -0.457 e. The van der Waals surface area contributed by atoms with E-state index in [1.165, 1.54) is 5.56 Å². The highest BCUT2D eigenvalue weighted by atomic mass is 79.9. The molecule has 0 unspecified atom stereocenters. The van der Waals surface area contributed by atoms with Gasteiger partial charge in [0.2, 0.25) is 0 Å². The fourth-order valence-corrected chi connectivity index (χ4v) is 3.25. The van der Waals surface area contributed by atoms with E-state index in [-0.39, 0.29) is 0 Å². The van der Waals surface area contributed by atoms with Gasteiger partial charge in [-0.2, -0.15) is 5.26 Å². The standard InChI is InChI=1S/C20H13BrClNO/c1-13-5-7-18(19(21)9-13)20-8-6-17(24-20)11-15(12-23)14-3-2-4-16(22)10-14/h2-11H,1H3/b15-11-. The molecule has 1 aromatic heterocycles. The summed E-state index contributed by atoms with van der Waals surface area (Å²) in [6, 6.07) is 19.2. The van der Waals surface area contributed by atoms with E-state index in [1.807, 2.05) is 49.4 Å². The molecule has 0 atom stereocenters. The molecule has 4 heteroatoms. The zero-order chi connectivity index (χ0) is 17.1. The lowest BCUT2D eigenvalue weighted by Crippen LogP contribution is -1.81. The molecule has 0 aliphatic heterocycles. The Labute approximate surface area is 154 Å². The first-order valence-electron chi connectivity index (χ1n) is 7.31. The SMILES string of the molecule is Cc1ccc(-c2ccc(/C=C(/C#N)c3cccc(Cl)c3)o2)c(Br)c1. The summed E-state index contributed by atoms with van der Waals surface area (Å²) in [5.41, 5.74) is 3.41. The zero-order valence-corrected chi connectivity index (χ0v) is 15.2. The summed E-state index contributed by atoms with van der Waals surface area (Å²) >= 11 is 9.56. The molecule has 0 spiro atoms. The second-order valence-corrected chi connectivity index (χ2v) is 6.66. The van der Waals surface area contributed by atoms with Gasteiger partial charge < -0.3 is 4.42 Å². The average Bonchev–Trinajstić information content (AvgIpc) is 3.01. The molecule has 0 amide bonds. The van der Waals surface area contributed by atoms with E-state index in [2.05, 4.69) is 22.0 Å². The third-order valence-corrected chi connectivity index (χ3v) is 4.45. The number of benzene rings is 2. The number of hydrogen-bond donors (Lipinski definition) is 0. The van der Waals surface area contributed by atoms with Crippen molar-refractivity contribution in [2.45, 2.75) is 6.92 Å². The molecule has 2 aromatic carbocycles. The topological polar surface area (TPSA) is 36.9 Å². The Morgan fingerprint density at radius 1 is 1.17 bits per heavy atom. The average molecular weight is 399 g/mol. The minimum atomic E-state index is 0.501. The van der Waals surface area contributed by atoms with E-state index in [0.717, 1.165) is 21.4 Å². The van der Waals surface area contributed by atoms with E-state index in [9.17, 15) is 5.26 Å².